The van der Waals surface area contributed by atoms with E-state index in [1.54, 1.807) is 13.2 Å². The number of ether oxygens (including phenoxy) is 1. The van der Waals surface area contributed by atoms with Crippen molar-refractivity contribution in [3.63, 3.8) is 0 Å². The van der Waals surface area contributed by atoms with Crippen LogP contribution in [-0.2, 0) is 4.79 Å². The number of rotatable bonds is 4. The Balaban J connectivity index is 2.28. The van der Waals surface area contributed by atoms with Crippen molar-refractivity contribution in [1.29, 1.82) is 0 Å². The molecule has 1 aromatic carbocycles. The number of amides is 2. The minimum atomic E-state index is -0.272. The van der Waals surface area contributed by atoms with Crippen molar-refractivity contribution >= 4 is 51.6 Å². The number of halogens is 1. The third-order valence-electron chi connectivity index (χ3n) is 2.66. The minimum Gasteiger partial charge on any atom is -0.496 e. The van der Waals surface area contributed by atoms with E-state index in [0.29, 0.717) is 4.91 Å². The SMILES string of the molecule is C=CCN1C(=O)SC(=Cc2ccc(OC)c(I)c2)C1=O. The third-order valence-corrected chi connectivity index (χ3v) is 4.41. The zero-order valence-electron chi connectivity index (χ0n) is 10.8. The predicted octanol–water partition coefficient (Wildman–Crippen LogP) is 3.52. The van der Waals surface area contributed by atoms with Crippen LogP contribution in [-0.4, -0.2) is 29.7 Å². The van der Waals surface area contributed by atoms with E-state index in [0.717, 1.165) is 26.6 Å². The molecule has 0 atom stereocenters. The van der Waals surface area contributed by atoms with Crippen LogP contribution in [0.15, 0.2) is 35.8 Å². The summed E-state index contributed by atoms with van der Waals surface area (Å²) < 4.78 is 6.13. The van der Waals surface area contributed by atoms with Gasteiger partial charge in [-0.3, -0.25) is 14.5 Å². The molecule has 0 aliphatic carbocycles. The Morgan fingerprint density at radius 2 is 2.20 bits per heavy atom. The average Bonchev–Trinajstić information content (AvgIpc) is 2.67. The first-order valence-corrected chi connectivity index (χ1v) is 7.66. The molecule has 0 saturated carbocycles. The van der Waals surface area contributed by atoms with Gasteiger partial charge in [0.05, 0.1) is 15.6 Å². The Labute approximate surface area is 135 Å². The van der Waals surface area contributed by atoms with E-state index in [2.05, 4.69) is 29.2 Å². The minimum absolute atomic E-state index is 0.238. The normalized spacial score (nSPS) is 16.9. The number of benzene rings is 1. The zero-order valence-corrected chi connectivity index (χ0v) is 13.7. The van der Waals surface area contributed by atoms with Gasteiger partial charge in [-0.05, 0) is 58.1 Å². The number of thioether (sulfide) groups is 1. The topological polar surface area (TPSA) is 46.6 Å². The smallest absolute Gasteiger partial charge is 0.293 e. The summed E-state index contributed by atoms with van der Waals surface area (Å²) >= 11 is 3.11. The van der Waals surface area contributed by atoms with E-state index < -0.39 is 0 Å². The first-order valence-electron chi connectivity index (χ1n) is 5.76. The number of carbonyl (C=O) groups is 2. The summed E-state index contributed by atoms with van der Waals surface area (Å²) in [5, 5.41) is -0.260. The lowest BCUT2D eigenvalue weighted by molar-refractivity contribution is -0.122. The number of hydrogen-bond acceptors (Lipinski definition) is 4. The number of carbonyl (C=O) groups excluding carboxylic acids is 2. The first-order chi connectivity index (χ1) is 9.56. The highest BCUT2D eigenvalue weighted by atomic mass is 127. The highest BCUT2D eigenvalue weighted by molar-refractivity contribution is 14.1. The zero-order chi connectivity index (χ0) is 14.7. The molecule has 1 heterocycles. The fraction of sp³-hybridized carbons (Fsp3) is 0.143. The Kier molecular flexibility index (Phi) is 4.87. The Bertz CT molecular complexity index is 612. The van der Waals surface area contributed by atoms with E-state index in [-0.39, 0.29) is 17.7 Å². The molecular weight excluding hydrogens is 389 g/mol. The predicted molar refractivity (Wildman–Crippen MR) is 88.6 cm³/mol. The molecule has 2 rings (SSSR count). The molecule has 0 N–H and O–H groups in total. The van der Waals surface area contributed by atoms with Gasteiger partial charge in [-0.15, -0.1) is 6.58 Å². The van der Waals surface area contributed by atoms with Crippen molar-refractivity contribution < 1.29 is 14.3 Å². The first kappa shape index (κ1) is 15.1. The summed E-state index contributed by atoms with van der Waals surface area (Å²) in [7, 11) is 1.61. The second-order valence-corrected chi connectivity index (χ2v) is 6.13. The van der Waals surface area contributed by atoms with Gasteiger partial charge in [0, 0.05) is 6.54 Å². The lowest BCUT2D eigenvalue weighted by Gasteiger charge is -2.07. The fourth-order valence-electron chi connectivity index (χ4n) is 1.71. The van der Waals surface area contributed by atoms with Gasteiger partial charge in [-0.1, -0.05) is 12.1 Å². The fourth-order valence-corrected chi connectivity index (χ4v) is 3.32. The molecule has 0 spiro atoms. The molecule has 4 nitrogen and oxygen atoms in total. The molecule has 0 bridgehead atoms. The maximum atomic E-state index is 12.1. The van der Waals surface area contributed by atoms with Gasteiger partial charge in [0.2, 0.25) is 0 Å². The van der Waals surface area contributed by atoms with Crippen LogP contribution in [0, 0.1) is 3.57 Å². The monoisotopic (exact) mass is 401 g/mol. The number of hydrogen-bond donors (Lipinski definition) is 0. The number of imide groups is 1. The van der Waals surface area contributed by atoms with Crippen LogP contribution in [0.5, 0.6) is 5.75 Å². The lowest BCUT2D eigenvalue weighted by atomic mass is 10.2. The summed E-state index contributed by atoms with van der Waals surface area (Å²) in [6.45, 7) is 3.78. The van der Waals surface area contributed by atoms with E-state index in [1.807, 2.05) is 18.2 Å². The molecule has 1 aliphatic heterocycles. The second-order valence-electron chi connectivity index (χ2n) is 3.97. The molecule has 104 valence electrons. The molecule has 1 fully saturated rings. The quantitative estimate of drug-likeness (QED) is 0.440. The van der Waals surface area contributed by atoms with Crippen molar-refractivity contribution in [1.82, 2.24) is 4.90 Å². The second kappa shape index (κ2) is 6.45. The molecule has 0 aromatic heterocycles. The summed E-state index contributed by atoms with van der Waals surface area (Å²) in [4.78, 5) is 25.4. The van der Waals surface area contributed by atoms with Crippen LogP contribution in [0.3, 0.4) is 0 Å². The standard InChI is InChI=1S/C14H12INO3S/c1-3-6-16-13(17)12(20-14(16)18)8-9-4-5-11(19-2)10(15)7-9/h3-5,7-8H,1,6H2,2H3. The van der Waals surface area contributed by atoms with Gasteiger partial charge in [0.15, 0.2) is 0 Å². The summed E-state index contributed by atoms with van der Waals surface area (Å²) in [6, 6.07) is 5.59. The van der Waals surface area contributed by atoms with E-state index in [9.17, 15) is 9.59 Å². The Morgan fingerprint density at radius 1 is 1.45 bits per heavy atom. The molecule has 0 radical (unpaired) electrons. The van der Waals surface area contributed by atoms with Crippen LogP contribution in [0.25, 0.3) is 6.08 Å². The van der Waals surface area contributed by atoms with E-state index in [4.69, 9.17) is 4.74 Å². The van der Waals surface area contributed by atoms with Gasteiger partial charge < -0.3 is 4.74 Å². The van der Waals surface area contributed by atoms with Crippen LogP contribution >= 0.6 is 34.4 Å². The van der Waals surface area contributed by atoms with Crippen molar-refractivity contribution in [3.8, 4) is 5.75 Å². The van der Waals surface area contributed by atoms with E-state index >= 15 is 0 Å². The maximum absolute atomic E-state index is 12.1. The number of methoxy groups -OCH3 is 1. The van der Waals surface area contributed by atoms with E-state index in [1.165, 1.54) is 11.0 Å². The Morgan fingerprint density at radius 3 is 2.80 bits per heavy atom. The largest absolute Gasteiger partial charge is 0.496 e. The molecule has 6 heteroatoms. The van der Waals surface area contributed by atoms with Gasteiger partial charge in [-0.2, -0.15) is 0 Å². The van der Waals surface area contributed by atoms with Crippen LogP contribution < -0.4 is 4.74 Å². The summed E-state index contributed by atoms with van der Waals surface area (Å²) in [6.07, 6.45) is 3.26. The molecular formula is C14H12INO3S. The van der Waals surface area contributed by atoms with Crippen molar-refractivity contribution in [2.45, 2.75) is 0 Å². The van der Waals surface area contributed by atoms with Gasteiger partial charge in [-0.25, -0.2) is 0 Å². The van der Waals surface area contributed by atoms with Crippen molar-refractivity contribution in [2.24, 2.45) is 0 Å². The molecule has 2 amide bonds. The van der Waals surface area contributed by atoms with Crippen LogP contribution in [0.2, 0.25) is 0 Å². The molecule has 1 aliphatic rings. The van der Waals surface area contributed by atoms with Crippen molar-refractivity contribution in [2.75, 3.05) is 13.7 Å². The lowest BCUT2D eigenvalue weighted by Crippen LogP contribution is -2.27. The third kappa shape index (κ3) is 3.06. The van der Waals surface area contributed by atoms with Crippen LogP contribution in [0.4, 0.5) is 4.79 Å². The molecule has 1 aromatic rings. The van der Waals surface area contributed by atoms with Gasteiger partial charge >= 0.3 is 0 Å². The molecule has 20 heavy (non-hydrogen) atoms. The van der Waals surface area contributed by atoms with Gasteiger partial charge in [0.1, 0.15) is 5.75 Å². The number of nitrogens with zero attached hydrogens (tertiary/aromatic N) is 1. The Hall–Kier alpha value is -1.28. The van der Waals surface area contributed by atoms with Crippen molar-refractivity contribution in [3.05, 3.63) is 44.9 Å². The van der Waals surface area contributed by atoms with Gasteiger partial charge in [0.25, 0.3) is 11.1 Å². The summed E-state index contributed by atoms with van der Waals surface area (Å²) in [5.74, 6) is 0.508. The summed E-state index contributed by atoms with van der Waals surface area (Å²) in [5.41, 5.74) is 0.860. The highest BCUT2D eigenvalue weighted by Crippen LogP contribution is 2.32. The highest BCUT2D eigenvalue weighted by Gasteiger charge is 2.33. The van der Waals surface area contributed by atoms with Crippen LogP contribution in [0.1, 0.15) is 5.56 Å². The average molecular weight is 401 g/mol. The molecule has 0 unspecified atom stereocenters. The molecule has 1 saturated heterocycles. The maximum Gasteiger partial charge on any atom is 0.293 e.